The predicted molar refractivity (Wildman–Crippen MR) is 91.1 cm³/mol. The van der Waals surface area contributed by atoms with Crippen molar-refractivity contribution >= 4 is 11.6 Å². The zero-order chi connectivity index (χ0) is 15.3. The summed E-state index contributed by atoms with van der Waals surface area (Å²) >= 11 is 6.55. The molecule has 0 aromatic heterocycles. The molecule has 3 atom stereocenters. The lowest BCUT2D eigenvalue weighted by Gasteiger charge is -2.40. The van der Waals surface area contributed by atoms with Crippen LogP contribution in [-0.4, -0.2) is 12.0 Å². The summed E-state index contributed by atoms with van der Waals surface area (Å²) in [6.45, 7) is 7.88. The molecule has 2 rings (SSSR count). The third-order valence-electron chi connectivity index (χ3n) is 4.85. The number of ether oxygens (including phenoxy) is 1. The summed E-state index contributed by atoms with van der Waals surface area (Å²) in [5.74, 6) is 2.44. The van der Waals surface area contributed by atoms with E-state index in [0.29, 0.717) is 16.7 Å². The Morgan fingerprint density at radius 1 is 1.14 bits per heavy atom. The van der Waals surface area contributed by atoms with Crippen molar-refractivity contribution in [1.29, 1.82) is 0 Å². The second kappa shape index (κ2) is 7.54. The number of hydrogen-bond donors (Lipinski definition) is 0. The molecule has 21 heavy (non-hydrogen) atoms. The van der Waals surface area contributed by atoms with Crippen LogP contribution in [0.4, 0.5) is 0 Å². The number of hydrogen-bond acceptors (Lipinski definition) is 1. The first-order valence-electron chi connectivity index (χ1n) is 8.28. The number of rotatable bonds is 5. The van der Waals surface area contributed by atoms with Crippen LogP contribution in [0.5, 0.6) is 5.75 Å². The maximum atomic E-state index is 6.55. The fraction of sp³-hybridized carbons (Fsp3) is 0.684. The molecule has 3 unspecified atom stereocenters. The molecular formula is C19H29ClO. The molecule has 0 radical (unpaired) electrons. The van der Waals surface area contributed by atoms with E-state index < -0.39 is 0 Å². The lowest BCUT2D eigenvalue weighted by molar-refractivity contribution is 0.136. The fourth-order valence-corrected chi connectivity index (χ4v) is 3.72. The topological polar surface area (TPSA) is 9.23 Å². The van der Waals surface area contributed by atoms with E-state index in [-0.39, 0.29) is 0 Å². The van der Waals surface area contributed by atoms with Crippen LogP contribution in [0.15, 0.2) is 30.3 Å². The predicted octanol–water partition coefficient (Wildman–Crippen LogP) is 5.92. The number of benzene rings is 1. The van der Waals surface area contributed by atoms with E-state index in [1.165, 1.54) is 25.7 Å². The average molecular weight is 309 g/mol. The second-order valence-electron chi connectivity index (χ2n) is 7.46. The molecule has 118 valence electrons. The molecule has 2 heteroatoms. The van der Waals surface area contributed by atoms with Gasteiger partial charge in [-0.05, 0) is 61.5 Å². The summed E-state index contributed by atoms with van der Waals surface area (Å²) in [7, 11) is 0. The Morgan fingerprint density at radius 2 is 1.86 bits per heavy atom. The van der Waals surface area contributed by atoms with Crippen LogP contribution in [0.25, 0.3) is 0 Å². The zero-order valence-corrected chi connectivity index (χ0v) is 14.4. The monoisotopic (exact) mass is 308 g/mol. The Labute approximate surface area is 135 Å². The van der Waals surface area contributed by atoms with E-state index in [1.54, 1.807) is 0 Å². The van der Waals surface area contributed by atoms with Gasteiger partial charge in [0, 0.05) is 5.38 Å². The minimum Gasteiger partial charge on any atom is -0.494 e. The summed E-state index contributed by atoms with van der Waals surface area (Å²) in [5.41, 5.74) is 0.413. The molecule has 1 aromatic carbocycles. The third-order valence-corrected chi connectivity index (χ3v) is 5.42. The van der Waals surface area contributed by atoms with Gasteiger partial charge in [-0.3, -0.25) is 0 Å². The second-order valence-corrected chi connectivity index (χ2v) is 8.02. The van der Waals surface area contributed by atoms with Gasteiger partial charge in [0.2, 0.25) is 0 Å². The van der Waals surface area contributed by atoms with E-state index in [9.17, 15) is 0 Å². The maximum Gasteiger partial charge on any atom is 0.119 e. The highest BCUT2D eigenvalue weighted by Gasteiger charge is 2.34. The standard InChI is InChI=1S/C19H29ClO/c1-19(2,3)16-11-12-18(20)15(14-16)8-7-13-21-17-9-5-4-6-10-17/h4-6,9-10,15-16,18H,7-8,11-14H2,1-3H3. The van der Waals surface area contributed by atoms with Gasteiger partial charge in [0.1, 0.15) is 5.75 Å². The summed E-state index contributed by atoms with van der Waals surface area (Å²) in [6.07, 6.45) is 6.03. The molecule has 0 N–H and O–H groups in total. The summed E-state index contributed by atoms with van der Waals surface area (Å²) in [5, 5.41) is 0.361. The molecule has 0 spiro atoms. The van der Waals surface area contributed by atoms with Crippen LogP contribution < -0.4 is 4.74 Å². The Kier molecular flexibility index (Phi) is 5.98. The SMILES string of the molecule is CC(C)(C)C1CCC(Cl)C(CCCOc2ccccc2)C1. The van der Waals surface area contributed by atoms with Gasteiger partial charge in [0.25, 0.3) is 0 Å². The molecule has 1 aliphatic carbocycles. The van der Waals surface area contributed by atoms with Gasteiger partial charge in [0.15, 0.2) is 0 Å². The zero-order valence-electron chi connectivity index (χ0n) is 13.6. The molecule has 1 nitrogen and oxygen atoms in total. The molecule has 1 saturated carbocycles. The quantitative estimate of drug-likeness (QED) is 0.485. The van der Waals surface area contributed by atoms with E-state index in [0.717, 1.165) is 24.7 Å². The highest BCUT2D eigenvalue weighted by atomic mass is 35.5. The highest BCUT2D eigenvalue weighted by molar-refractivity contribution is 6.20. The van der Waals surface area contributed by atoms with E-state index in [1.807, 2.05) is 30.3 Å². The van der Waals surface area contributed by atoms with Crippen LogP contribution in [0.1, 0.15) is 52.9 Å². The molecule has 1 fully saturated rings. The maximum absolute atomic E-state index is 6.55. The van der Waals surface area contributed by atoms with Crippen LogP contribution in [0.3, 0.4) is 0 Å². The van der Waals surface area contributed by atoms with Crippen molar-refractivity contribution in [1.82, 2.24) is 0 Å². The molecule has 1 aliphatic rings. The lowest BCUT2D eigenvalue weighted by Crippen LogP contribution is -2.32. The van der Waals surface area contributed by atoms with Gasteiger partial charge in [0.05, 0.1) is 6.61 Å². The van der Waals surface area contributed by atoms with Gasteiger partial charge in [-0.15, -0.1) is 11.6 Å². The van der Waals surface area contributed by atoms with Crippen molar-refractivity contribution in [2.75, 3.05) is 6.61 Å². The van der Waals surface area contributed by atoms with Crippen LogP contribution in [-0.2, 0) is 0 Å². The van der Waals surface area contributed by atoms with Crippen molar-refractivity contribution in [3.05, 3.63) is 30.3 Å². The van der Waals surface area contributed by atoms with Crippen LogP contribution in [0, 0.1) is 17.3 Å². The van der Waals surface area contributed by atoms with E-state index in [4.69, 9.17) is 16.3 Å². The first-order valence-corrected chi connectivity index (χ1v) is 8.72. The van der Waals surface area contributed by atoms with Gasteiger partial charge >= 0.3 is 0 Å². The molecule has 0 saturated heterocycles. The average Bonchev–Trinajstić information content (AvgIpc) is 2.45. The summed E-state index contributed by atoms with van der Waals surface area (Å²) in [4.78, 5) is 0. The number of halogens is 1. The first kappa shape index (κ1) is 16.7. The van der Waals surface area contributed by atoms with Crippen LogP contribution >= 0.6 is 11.6 Å². The number of alkyl halides is 1. The van der Waals surface area contributed by atoms with E-state index >= 15 is 0 Å². The van der Waals surface area contributed by atoms with Gasteiger partial charge in [-0.2, -0.15) is 0 Å². The van der Waals surface area contributed by atoms with Crippen molar-refractivity contribution in [2.45, 2.75) is 58.3 Å². The third kappa shape index (κ3) is 5.21. The highest BCUT2D eigenvalue weighted by Crippen LogP contribution is 2.43. The largest absolute Gasteiger partial charge is 0.494 e. The van der Waals surface area contributed by atoms with Crippen LogP contribution in [0.2, 0.25) is 0 Å². The molecule has 0 aliphatic heterocycles. The molecule has 0 heterocycles. The Morgan fingerprint density at radius 3 is 2.52 bits per heavy atom. The summed E-state index contributed by atoms with van der Waals surface area (Å²) in [6, 6.07) is 10.1. The minimum atomic E-state index is 0.361. The minimum absolute atomic E-state index is 0.361. The van der Waals surface area contributed by atoms with E-state index in [2.05, 4.69) is 20.8 Å². The van der Waals surface area contributed by atoms with Crippen molar-refractivity contribution < 1.29 is 4.74 Å². The molecule has 1 aromatic rings. The summed E-state index contributed by atoms with van der Waals surface area (Å²) < 4.78 is 5.78. The Balaban J connectivity index is 1.73. The Bertz CT molecular complexity index is 409. The van der Waals surface area contributed by atoms with Gasteiger partial charge in [-0.1, -0.05) is 39.0 Å². The normalized spacial score (nSPS) is 26.6. The van der Waals surface area contributed by atoms with Crippen molar-refractivity contribution in [3.63, 3.8) is 0 Å². The lowest BCUT2D eigenvalue weighted by atomic mass is 9.68. The van der Waals surface area contributed by atoms with Gasteiger partial charge < -0.3 is 4.74 Å². The molecule has 0 bridgehead atoms. The van der Waals surface area contributed by atoms with Crippen molar-refractivity contribution in [3.8, 4) is 5.75 Å². The first-order chi connectivity index (χ1) is 9.97. The fourth-order valence-electron chi connectivity index (χ4n) is 3.36. The van der Waals surface area contributed by atoms with Gasteiger partial charge in [-0.25, -0.2) is 0 Å². The smallest absolute Gasteiger partial charge is 0.119 e. The Hall–Kier alpha value is -0.690. The van der Waals surface area contributed by atoms with Crippen molar-refractivity contribution in [2.24, 2.45) is 17.3 Å². The molecular weight excluding hydrogens is 280 g/mol. The molecule has 0 amide bonds. The number of para-hydroxylation sites is 1.